The number of piperazine rings is 1. The fraction of sp³-hybridized carbons (Fsp3) is 0.875. The van der Waals surface area contributed by atoms with E-state index >= 15 is 0 Å². The van der Waals surface area contributed by atoms with Crippen LogP contribution >= 0.6 is 0 Å². The van der Waals surface area contributed by atoms with E-state index in [0.717, 1.165) is 19.1 Å². The molecule has 2 nitrogen and oxygen atoms in total. The minimum Gasteiger partial charge on any atom is -0.660 e. The van der Waals surface area contributed by atoms with Crippen LogP contribution in [0.5, 0.6) is 0 Å². The smallest absolute Gasteiger partial charge is 0.660 e. The van der Waals surface area contributed by atoms with Gasteiger partial charge in [0.2, 0.25) is 0 Å². The fourth-order valence-corrected chi connectivity index (χ4v) is 1.84. The molecule has 2 rings (SSSR count). The molecular formula is C8H16CsN2-. The van der Waals surface area contributed by atoms with Gasteiger partial charge in [-0.05, 0) is 32.0 Å². The Hall–Kier alpha value is 1.97. The number of hydrogen-bond acceptors (Lipinski definition) is 1. The second kappa shape index (κ2) is 6.43. The van der Waals surface area contributed by atoms with Crippen molar-refractivity contribution < 1.29 is 68.9 Å². The third-order valence-corrected chi connectivity index (χ3v) is 2.38. The van der Waals surface area contributed by atoms with Gasteiger partial charge in [0.05, 0.1) is 0 Å². The monoisotopic (exact) mass is 273 g/mol. The second-order valence-electron chi connectivity index (χ2n) is 2.96. The van der Waals surface area contributed by atoms with Gasteiger partial charge in [-0.25, -0.2) is 0 Å². The van der Waals surface area contributed by atoms with Gasteiger partial charge in [0.25, 0.3) is 0 Å². The number of nitrogens with zero attached hydrogens (tertiary/aromatic N) is 2. The molecule has 0 bridgehead atoms. The summed E-state index contributed by atoms with van der Waals surface area (Å²) in [6.07, 6.45) is 2.80. The van der Waals surface area contributed by atoms with Crippen LogP contribution in [0.25, 0.3) is 5.32 Å². The Morgan fingerprint density at radius 1 is 1.27 bits per heavy atom. The molecule has 1 atom stereocenters. The van der Waals surface area contributed by atoms with Crippen molar-refractivity contribution in [3.05, 3.63) is 12.7 Å². The van der Waals surface area contributed by atoms with Crippen molar-refractivity contribution in [2.75, 3.05) is 26.2 Å². The van der Waals surface area contributed by atoms with Crippen LogP contribution in [0.4, 0.5) is 0 Å². The molecule has 2 heterocycles. The van der Waals surface area contributed by atoms with E-state index in [1.807, 2.05) is 0 Å². The van der Waals surface area contributed by atoms with Gasteiger partial charge in [-0.15, -0.1) is 13.1 Å². The Balaban J connectivity index is 0.000000500. The Labute approximate surface area is 129 Å². The second-order valence-corrected chi connectivity index (χ2v) is 2.96. The molecule has 0 aromatic heterocycles. The largest absolute Gasteiger partial charge is 1.00 e. The van der Waals surface area contributed by atoms with E-state index in [1.54, 1.807) is 0 Å². The van der Waals surface area contributed by atoms with E-state index in [-0.39, 0.29) is 76.3 Å². The summed E-state index contributed by atoms with van der Waals surface area (Å²) in [5, 5.41) is 4.38. The zero-order valence-electron chi connectivity index (χ0n) is 7.71. The molecule has 0 saturated carbocycles. The van der Waals surface area contributed by atoms with Gasteiger partial charge >= 0.3 is 68.9 Å². The van der Waals surface area contributed by atoms with E-state index in [4.69, 9.17) is 0 Å². The van der Waals surface area contributed by atoms with Crippen LogP contribution < -0.4 is 68.9 Å². The summed E-state index contributed by atoms with van der Waals surface area (Å²) < 4.78 is 0. The van der Waals surface area contributed by atoms with Crippen LogP contribution in [-0.4, -0.2) is 37.1 Å². The van der Waals surface area contributed by atoms with Crippen LogP contribution in [0.1, 0.15) is 12.8 Å². The van der Waals surface area contributed by atoms with E-state index < -0.39 is 0 Å². The molecule has 1 unspecified atom stereocenters. The van der Waals surface area contributed by atoms with Crippen molar-refractivity contribution in [2.45, 2.75) is 18.9 Å². The molecule has 0 aromatic carbocycles. The molecule has 0 radical (unpaired) electrons. The fourth-order valence-electron chi connectivity index (χ4n) is 1.84. The molecule has 11 heavy (non-hydrogen) atoms. The molecule has 3 heteroatoms. The molecule has 2 aliphatic heterocycles. The molecule has 2 aliphatic rings. The average Bonchev–Trinajstić information content (AvgIpc) is 2.33. The van der Waals surface area contributed by atoms with Gasteiger partial charge in [-0.3, -0.25) is 0 Å². The molecule has 0 N–H and O–H groups in total. The average molecular weight is 273 g/mol. The summed E-state index contributed by atoms with van der Waals surface area (Å²) >= 11 is 0. The van der Waals surface area contributed by atoms with Gasteiger partial charge in [0.15, 0.2) is 0 Å². The first-order valence-corrected chi connectivity index (χ1v) is 3.84. The van der Waals surface area contributed by atoms with Crippen molar-refractivity contribution in [1.82, 2.24) is 4.90 Å². The molecule has 60 valence electrons. The first kappa shape index (κ1) is 13.0. The SMILES string of the molecule is C1CC2C[N-]CCN2C1.[CH3-].[Cs+]. The van der Waals surface area contributed by atoms with Crippen LogP contribution in [0, 0.1) is 7.43 Å². The Bertz CT molecular complexity index is 96.3. The first-order chi connectivity index (χ1) is 4.47. The zero-order chi connectivity index (χ0) is 6.10. The van der Waals surface area contributed by atoms with Gasteiger partial charge < -0.3 is 17.6 Å². The first-order valence-electron chi connectivity index (χ1n) is 3.84. The summed E-state index contributed by atoms with van der Waals surface area (Å²) in [4.78, 5) is 2.58. The third-order valence-electron chi connectivity index (χ3n) is 2.38. The quantitative estimate of drug-likeness (QED) is 0.481. The Kier molecular flexibility index (Phi) is 7.58. The normalized spacial score (nSPS) is 30.0. The van der Waals surface area contributed by atoms with Crippen LogP contribution in [0.3, 0.4) is 0 Å². The van der Waals surface area contributed by atoms with Crippen LogP contribution in [-0.2, 0) is 0 Å². The third kappa shape index (κ3) is 3.31. The van der Waals surface area contributed by atoms with Crippen LogP contribution in [0.15, 0.2) is 0 Å². The molecule has 0 amide bonds. The van der Waals surface area contributed by atoms with Crippen molar-refractivity contribution in [1.29, 1.82) is 0 Å². The predicted octanol–water partition coefficient (Wildman–Crippen LogP) is -1.71. The van der Waals surface area contributed by atoms with Gasteiger partial charge in [0, 0.05) is 0 Å². The van der Waals surface area contributed by atoms with Crippen molar-refractivity contribution in [3.8, 4) is 0 Å². The molecule has 0 spiro atoms. The van der Waals surface area contributed by atoms with Crippen molar-refractivity contribution in [3.63, 3.8) is 0 Å². The minimum atomic E-state index is 0. The molecule has 0 aromatic rings. The van der Waals surface area contributed by atoms with Gasteiger partial charge in [-0.1, -0.05) is 0 Å². The number of hydrogen-bond donors (Lipinski definition) is 0. The standard InChI is InChI=1S/C7H13N2.CH3.Cs/c1-2-7-6-8-3-5-9(7)4-1;;/h7H,1-6H2;1H3;/q2*-1;+1. The Morgan fingerprint density at radius 3 is 2.82 bits per heavy atom. The van der Waals surface area contributed by atoms with Gasteiger partial charge in [-0.2, -0.15) is 0 Å². The number of fused-ring (bicyclic) bond motifs is 1. The minimum absolute atomic E-state index is 0. The van der Waals surface area contributed by atoms with E-state index in [9.17, 15) is 0 Å². The van der Waals surface area contributed by atoms with E-state index in [2.05, 4.69) is 10.2 Å². The topological polar surface area (TPSA) is 17.3 Å². The van der Waals surface area contributed by atoms with E-state index in [0.29, 0.717) is 0 Å². The number of rotatable bonds is 0. The van der Waals surface area contributed by atoms with Crippen molar-refractivity contribution in [2.24, 2.45) is 0 Å². The Morgan fingerprint density at radius 2 is 2.09 bits per heavy atom. The summed E-state index contributed by atoms with van der Waals surface area (Å²) in [6, 6.07) is 0.832. The summed E-state index contributed by atoms with van der Waals surface area (Å²) in [5.74, 6) is 0. The maximum atomic E-state index is 4.38. The predicted molar refractivity (Wildman–Crippen MR) is 44.1 cm³/mol. The molecule has 2 fully saturated rings. The summed E-state index contributed by atoms with van der Waals surface area (Å²) in [6.45, 7) is 4.75. The zero-order valence-corrected chi connectivity index (χ0v) is 14.0. The van der Waals surface area contributed by atoms with E-state index in [1.165, 1.54) is 25.9 Å². The van der Waals surface area contributed by atoms with Crippen molar-refractivity contribution >= 4 is 0 Å². The maximum Gasteiger partial charge on any atom is 1.00 e. The molecular weight excluding hydrogens is 257 g/mol. The van der Waals surface area contributed by atoms with Gasteiger partial charge in [0.1, 0.15) is 0 Å². The summed E-state index contributed by atoms with van der Waals surface area (Å²) in [7, 11) is 0. The summed E-state index contributed by atoms with van der Waals surface area (Å²) in [5.41, 5.74) is 0. The maximum absolute atomic E-state index is 4.38. The van der Waals surface area contributed by atoms with Crippen LogP contribution in [0.2, 0.25) is 0 Å². The molecule has 0 aliphatic carbocycles. The molecule has 2 saturated heterocycles.